The van der Waals surface area contributed by atoms with Crippen molar-refractivity contribution >= 4 is 40.4 Å². The summed E-state index contributed by atoms with van der Waals surface area (Å²) < 4.78 is 11.6. The summed E-state index contributed by atoms with van der Waals surface area (Å²) in [6.07, 6.45) is 3.44. The Morgan fingerprint density at radius 3 is 2.79 bits per heavy atom. The Morgan fingerprint density at radius 2 is 2.14 bits per heavy atom. The summed E-state index contributed by atoms with van der Waals surface area (Å²) in [6.45, 7) is 3.90. The highest BCUT2D eigenvalue weighted by molar-refractivity contribution is 7.98. The molecule has 0 bridgehead atoms. The zero-order valence-electron chi connectivity index (χ0n) is 16.4. The molecule has 7 nitrogen and oxygen atoms in total. The second kappa shape index (κ2) is 8.94. The highest BCUT2D eigenvalue weighted by atomic mass is 32.2. The lowest BCUT2D eigenvalue weighted by atomic mass is 10.1. The number of benzene rings is 1. The van der Waals surface area contributed by atoms with Crippen LogP contribution in [0.5, 0.6) is 5.75 Å². The number of hydrogen-bond donors (Lipinski definition) is 1. The van der Waals surface area contributed by atoms with Gasteiger partial charge in [-0.3, -0.25) is 10.1 Å². The normalized spacial score (nSPS) is 11.2. The van der Waals surface area contributed by atoms with Gasteiger partial charge >= 0.3 is 0 Å². The van der Waals surface area contributed by atoms with Crippen molar-refractivity contribution in [3.05, 3.63) is 52.9 Å². The second-order valence-electron chi connectivity index (χ2n) is 6.04. The van der Waals surface area contributed by atoms with Crippen molar-refractivity contribution < 1.29 is 9.53 Å². The molecule has 29 heavy (non-hydrogen) atoms. The van der Waals surface area contributed by atoms with Crippen LogP contribution in [0, 0.1) is 25.2 Å². The van der Waals surface area contributed by atoms with Gasteiger partial charge in [0, 0.05) is 22.9 Å². The Hall–Kier alpha value is -3.09. The lowest BCUT2D eigenvalue weighted by Gasteiger charge is -2.13. The predicted octanol–water partition coefficient (Wildman–Crippen LogP) is 4.22. The first-order valence-corrected chi connectivity index (χ1v) is 10.6. The molecule has 0 atom stereocenters. The van der Waals surface area contributed by atoms with E-state index >= 15 is 0 Å². The molecule has 0 aliphatic heterocycles. The van der Waals surface area contributed by atoms with E-state index in [0.29, 0.717) is 10.3 Å². The average molecular weight is 426 g/mol. The minimum absolute atomic E-state index is 0.00817. The van der Waals surface area contributed by atoms with Gasteiger partial charge in [-0.05, 0) is 49.9 Å². The highest BCUT2D eigenvalue weighted by Gasteiger charge is 2.16. The number of methoxy groups -OCH3 is 1. The molecule has 1 amide bonds. The van der Waals surface area contributed by atoms with E-state index in [9.17, 15) is 10.1 Å². The Bertz CT molecular complexity index is 1120. The molecule has 0 unspecified atom stereocenters. The number of thioether (sulfide) groups is 1. The van der Waals surface area contributed by atoms with E-state index in [-0.39, 0.29) is 5.57 Å². The number of aromatic nitrogens is 3. The topological polar surface area (TPSA) is 92.8 Å². The van der Waals surface area contributed by atoms with Gasteiger partial charge in [0.05, 0.1) is 12.8 Å². The Balaban J connectivity index is 1.94. The maximum atomic E-state index is 12.5. The number of anilines is 1. The molecule has 1 N–H and O–H groups in total. The fraction of sp³-hybridized carbons (Fsp3) is 0.200. The summed E-state index contributed by atoms with van der Waals surface area (Å²) in [6, 6.07) is 11.6. The number of hydrogen-bond acceptors (Lipinski definition) is 7. The molecule has 0 radical (unpaired) electrons. The summed E-state index contributed by atoms with van der Waals surface area (Å²) in [5.74, 6) is 0.224. The van der Waals surface area contributed by atoms with Crippen molar-refractivity contribution in [1.82, 2.24) is 13.9 Å². The molecule has 0 aliphatic carbocycles. The lowest BCUT2D eigenvalue weighted by Crippen LogP contribution is -2.13. The number of carbonyl (C=O) groups excluding carboxylic acids is 1. The molecule has 0 aliphatic rings. The third-order valence-electron chi connectivity index (χ3n) is 4.27. The highest BCUT2D eigenvalue weighted by Crippen LogP contribution is 2.29. The molecule has 2 aromatic heterocycles. The first-order chi connectivity index (χ1) is 14.0. The number of rotatable bonds is 6. The number of amides is 1. The molecule has 0 saturated heterocycles. The number of nitrogens with one attached hydrogen (secondary N) is 1. The Kier molecular flexibility index (Phi) is 6.36. The number of ether oxygens (including phenoxy) is 1. The SMILES string of the molecule is COc1ccccc1-n1c(C)cc(/C=C(/C#N)C(=O)Nc2nc(SC)ns2)c1C. The van der Waals surface area contributed by atoms with E-state index in [1.807, 2.05) is 61.1 Å². The first kappa shape index (κ1) is 20.6. The predicted molar refractivity (Wildman–Crippen MR) is 116 cm³/mol. The molecule has 0 spiro atoms. The number of para-hydroxylation sites is 2. The maximum absolute atomic E-state index is 12.5. The number of nitriles is 1. The molecule has 3 aromatic rings. The third kappa shape index (κ3) is 4.34. The molecule has 1 aromatic carbocycles. The largest absolute Gasteiger partial charge is 0.495 e. The van der Waals surface area contributed by atoms with Crippen LogP contribution in [0.3, 0.4) is 0 Å². The summed E-state index contributed by atoms with van der Waals surface area (Å²) in [5.41, 5.74) is 3.53. The van der Waals surface area contributed by atoms with Crippen molar-refractivity contribution in [2.75, 3.05) is 18.7 Å². The van der Waals surface area contributed by atoms with E-state index < -0.39 is 5.91 Å². The number of carbonyl (C=O) groups is 1. The number of aryl methyl sites for hydroxylation is 1. The van der Waals surface area contributed by atoms with Gasteiger partial charge < -0.3 is 9.30 Å². The van der Waals surface area contributed by atoms with Crippen molar-refractivity contribution in [1.29, 1.82) is 5.26 Å². The zero-order chi connectivity index (χ0) is 21.0. The minimum Gasteiger partial charge on any atom is -0.495 e. The Morgan fingerprint density at radius 1 is 1.38 bits per heavy atom. The van der Waals surface area contributed by atoms with Crippen molar-refractivity contribution in [3.8, 4) is 17.5 Å². The molecule has 0 fully saturated rings. The number of nitrogens with zero attached hydrogens (tertiary/aromatic N) is 4. The van der Waals surface area contributed by atoms with Gasteiger partial charge in [0.1, 0.15) is 17.4 Å². The van der Waals surface area contributed by atoms with Gasteiger partial charge in [-0.2, -0.15) is 14.6 Å². The second-order valence-corrected chi connectivity index (χ2v) is 7.57. The summed E-state index contributed by atoms with van der Waals surface area (Å²) in [5, 5.41) is 13.1. The van der Waals surface area contributed by atoms with Crippen LogP contribution in [-0.4, -0.2) is 33.2 Å². The third-order valence-corrected chi connectivity index (χ3v) is 5.57. The van der Waals surface area contributed by atoms with Gasteiger partial charge in [-0.15, -0.1) is 0 Å². The molecule has 2 heterocycles. The van der Waals surface area contributed by atoms with Crippen molar-refractivity contribution in [2.24, 2.45) is 0 Å². The van der Waals surface area contributed by atoms with Crippen LogP contribution in [0.15, 0.2) is 41.1 Å². The van der Waals surface area contributed by atoms with Crippen LogP contribution in [-0.2, 0) is 4.79 Å². The van der Waals surface area contributed by atoms with Crippen LogP contribution < -0.4 is 10.1 Å². The molecule has 9 heteroatoms. The molecular formula is C20H19N5O2S2. The fourth-order valence-corrected chi connectivity index (χ4v) is 4.05. The molecule has 148 valence electrons. The van der Waals surface area contributed by atoms with E-state index in [2.05, 4.69) is 14.7 Å². The maximum Gasteiger partial charge on any atom is 0.268 e. The van der Waals surface area contributed by atoms with Crippen LogP contribution in [0.25, 0.3) is 11.8 Å². The van der Waals surface area contributed by atoms with Gasteiger partial charge in [0.25, 0.3) is 5.91 Å². The quantitative estimate of drug-likeness (QED) is 0.361. The van der Waals surface area contributed by atoms with Crippen molar-refractivity contribution in [2.45, 2.75) is 19.0 Å². The lowest BCUT2D eigenvalue weighted by molar-refractivity contribution is -0.112. The van der Waals surface area contributed by atoms with Crippen LogP contribution in [0.4, 0.5) is 5.13 Å². The van der Waals surface area contributed by atoms with E-state index in [0.717, 1.165) is 39.9 Å². The van der Waals surface area contributed by atoms with Crippen LogP contribution in [0.1, 0.15) is 17.0 Å². The van der Waals surface area contributed by atoms with Gasteiger partial charge in [-0.1, -0.05) is 23.9 Å². The molecule has 3 rings (SSSR count). The van der Waals surface area contributed by atoms with Gasteiger partial charge in [-0.25, -0.2) is 0 Å². The monoisotopic (exact) mass is 425 g/mol. The average Bonchev–Trinajstić information content (AvgIpc) is 3.29. The summed E-state index contributed by atoms with van der Waals surface area (Å²) in [4.78, 5) is 16.7. The van der Waals surface area contributed by atoms with E-state index in [4.69, 9.17) is 4.74 Å². The molecular weight excluding hydrogens is 406 g/mol. The van der Waals surface area contributed by atoms with Gasteiger partial charge in [0.15, 0.2) is 0 Å². The molecule has 0 saturated carbocycles. The minimum atomic E-state index is -0.515. The van der Waals surface area contributed by atoms with E-state index in [1.54, 1.807) is 13.2 Å². The first-order valence-electron chi connectivity index (χ1n) is 8.61. The van der Waals surface area contributed by atoms with E-state index in [1.165, 1.54) is 11.8 Å². The van der Waals surface area contributed by atoms with Gasteiger partial charge in [0.2, 0.25) is 10.3 Å². The smallest absolute Gasteiger partial charge is 0.268 e. The van der Waals surface area contributed by atoms with Crippen LogP contribution >= 0.6 is 23.3 Å². The van der Waals surface area contributed by atoms with Crippen LogP contribution in [0.2, 0.25) is 0 Å². The fourth-order valence-electron chi connectivity index (χ4n) is 2.93. The summed E-state index contributed by atoms with van der Waals surface area (Å²) >= 11 is 2.46. The zero-order valence-corrected chi connectivity index (χ0v) is 18.0. The summed E-state index contributed by atoms with van der Waals surface area (Å²) in [7, 11) is 1.63. The van der Waals surface area contributed by atoms with Crippen molar-refractivity contribution in [3.63, 3.8) is 0 Å². The Labute approximate surface area is 177 Å². The standard InChI is InChI=1S/C20H19N5O2S2/c1-12-9-14(13(2)25(12)16-7-5-6-8-17(16)27-3)10-15(11-21)18(26)22-19-23-20(28-4)24-29-19/h5-10H,1-4H3,(H,22,23,24,26)/b15-10-.